The van der Waals surface area contributed by atoms with Crippen molar-refractivity contribution in [1.82, 2.24) is 15.0 Å². The first-order valence-corrected chi connectivity index (χ1v) is 6.89. The molecule has 0 fully saturated rings. The highest BCUT2D eigenvalue weighted by Crippen LogP contribution is 2.27. The van der Waals surface area contributed by atoms with E-state index in [-0.39, 0.29) is 5.82 Å². The Morgan fingerprint density at radius 1 is 1.53 bits per heavy atom. The molecule has 0 aliphatic heterocycles. The Hall–Kier alpha value is -1.24. The van der Waals surface area contributed by atoms with Crippen LogP contribution in [0, 0.1) is 5.82 Å². The average molecular weight is 327 g/mol. The van der Waals surface area contributed by atoms with Crippen LogP contribution in [0.4, 0.5) is 4.39 Å². The number of nitrogens with two attached hydrogens (primary N) is 1. The lowest BCUT2D eigenvalue weighted by Gasteiger charge is -2.18. The predicted octanol–water partition coefficient (Wildman–Crippen LogP) is 2.75. The van der Waals surface area contributed by atoms with E-state index in [1.807, 2.05) is 10.8 Å². The monoisotopic (exact) mass is 326 g/mol. The van der Waals surface area contributed by atoms with Crippen molar-refractivity contribution in [2.45, 2.75) is 25.9 Å². The number of hydrogen-bond acceptors (Lipinski definition) is 3. The highest BCUT2D eigenvalue weighted by atomic mass is 79.9. The number of aryl methyl sites for hydroxylation is 1. The maximum Gasteiger partial charge on any atom is 0.142 e. The summed E-state index contributed by atoms with van der Waals surface area (Å²) >= 11 is 3.19. The number of rotatable bonds is 5. The van der Waals surface area contributed by atoms with Crippen molar-refractivity contribution in [2.24, 2.45) is 5.84 Å². The van der Waals surface area contributed by atoms with E-state index < -0.39 is 6.04 Å². The van der Waals surface area contributed by atoms with Crippen LogP contribution in [0.2, 0.25) is 0 Å². The van der Waals surface area contributed by atoms with E-state index in [0.717, 1.165) is 13.0 Å². The van der Waals surface area contributed by atoms with E-state index in [4.69, 9.17) is 5.84 Å². The van der Waals surface area contributed by atoms with Gasteiger partial charge in [-0.3, -0.25) is 5.84 Å². The Morgan fingerprint density at radius 2 is 2.32 bits per heavy atom. The lowest BCUT2D eigenvalue weighted by Crippen LogP contribution is -2.31. The van der Waals surface area contributed by atoms with Crippen LogP contribution in [0.5, 0.6) is 0 Å². The quantitative estimate of drug-likeness (QED) is 0.656. The zero-order valence-electron chi connectivity index (χ0n) is 10.6. The molecule has 1 unspecified atom stereocenters. The summed E-state index contributed by atoms with van der Waals surface area (Å²) in [7, 11) is 0. The summed E-state index contributed by atoms with van der Waals surface area (Å²) in [6.07, 6.45) is 4.55. The second kappa shape index (κ2) is 6.27. The fraction of sp³-hybridized carbons (Fsp3) is 0.308. The zero-order valence-corrected chi connectivity index (χ0v) is 12.2. The maximum absolute atomic E-state index is 14.2. The summed E-state index contributed by atoms with van der Waals surface area (Å²) in [5.41, 5.74) is 3.12. The first-order valence-electron chi connectivity index (χ1n) is 6.10. The second-order valence-corrected chi connectivity index (χ2v) is 5.08. The third kappa shape index (κ3) is 2.86. The Balaban J connectivity index is 2.44. The minimum absolute atomic E-state index is 0.323. The molecule has 19 heavy (non-hydrogen) atoms. The number of imidazole rings is 1. The van der Waals surface area contributed by atoms with Crippen molar-refractivity contribution in [2.75, 3.05) is 0 Å². The Kier molecular flexibility index (Phi) is 4.68. The van der Waals surface area contributed by atoms with Gasteiger partial charge in [0.2, 0.25) is 0 Å². The maximum atomic E-state index is 14.2. The number of hydrogen-bond donors (Lipinski definition) is 2. The SMILES string of the molecule is CCCn1ccnc1C(NN)c1cccc(Br)c1F. The van der Waals surface area contributed by atoms with Gasteiger partial charge in [-0.05, 0) is 28.4 Å². The van der Waals surface area contributed by atoms with E-state index >= 15 is 0 Å². The second-order valence-electron chi connectivity index (χ2n) is 4.22. The van der Waals surface area contributed by atoms with Gasteiger partial charge < -0.3 is 4.57 Å². The first kappa shape index (κ1) is 14.2. The smallest absolute Gasteiger partial charge is 0.142 e. The molecule has 0 saturated carbocycles. The van der Waals surface area contributed by atoms with Crippen LogP contribution in [0.25, 0.3) is 0 Å². The molecular weight excluding hydrogens is 311 g/mol. The van der Waals surface area contributed by atoms with Gasteiger partial charge >= 0.3 is 0 Å². The number of hydrazine groups is 1. The Labute approximate surface area is 119 Å². The Bertz CT molecular complexity index is 555. The number of benzene rings is 1. The fourth-order valence-corrected chi connectivity index (χ4v) is 2.44. The van der Waals surface area contributed by atoms with Crippen molar-refractivity contribution >= 4 is 15.9 Å². The number of nitrogens with zero attached hydrogens (tertiary/aromatic N) is 2. The van der Waals surface area contributed by atoms with Crippen LogP contribution in [0.15, 0.2) is 35.1 Å². The van der Waals surface area contributed by atoms with Crippen LogP contribution < -0.4 is 11.3 Å². The molecule has 0 amide bonds. The number of aromatic nitrogens is 2. The molecule has 2 aromatic rings. The van der Waals surface area contributed by atoms with Gasteiger partial charge in [-0.25, -0.2) is 14.8 Å². The molecule has 0 bridgehead atoms. The third-order valence-corrected chi connectivity index (χ3v) is 3.54. The number of nitrogens with one attached hydrogen (secondary N) is 1. The normalized spacial score (nSPS) is 12.6. The molecule has 1 aromatic carbocycles. The standard InChI is InChI=1S/C13H16BrFN4/c1-2-7-19-8-6-17-13(19)12(18-16)9-4-3-5-10(14)11(9)15/h3-6,8,12,18H,2,7,16H2,1H3. The minimum atomic E-state index is -0.473. The molecule has 0 radical (unpaired) electrons. The third-order valence-electron chi connectivity index (χ3n) is 2.93. The van der Waals surface area contributed by atoms with Crippen LogP contribution in [0.3, 0.4) is 0 Å². The van der Waals surface area contributed by atoms with Crippen LogP contribution in [-0.4, -0.2) is 9.55 Å². The first-order chi connectivity index (χ1) is 9.19. The van der Waals surface area contributed by atoms with E-state index in [1.54, 1.807) is 24.4 Å². The summed E-state index contributed by atoms with van der Waals surface area (Å²) in [4.78, 5) is 4.29. The van der Waals surface area contributed by atoms with Crippen molar-refractivity contribution in [3.8, 4) is 0 Å². The summed E-state index contributed by atoms with van der Waals surface area (Å²) < 4.78 is 16.6. The highest BCUT2D eigenvalue weighted by molar-refractivity contribution is 9.10. The molecular formula is C13H16BrFN4. The lowest BCUT2D eigenvalue weighted by atomic mass is 10.1. The summed E-state index contributed by atoms with van der Waals surface area (Å²) in [5.74, 6) is 5.98. The van der Waals surface area contributed by atoms with Crippen LogP contribution in [-0.2, 0) is 6.54 Å². The van der Waals surface area contributed by atoms with Gasteiger partial charge in [-0.1, -0.05) is 19.1 Å². The molecule has 6 heteroatoms. The van der Waals surface area contributed by atoms with Crippen LogP contribution in [0.1, 0.15) is 30.8 Å². The lowest BCUT2D eigenvalue weighted by molar-refractivity contribution is 0.513. The fourth-order valence-electron chi connectivity index (χ4n) is 2.06. The molecule has 102 valence electrons. The van der Waals surface area contributed by atoms with Crippen molar-refractivity contribution < 1.29 is 4.39 Å². The molecule has 4 nitrogen and oxygen atoms in total. The van der Waals surface area contributed by atoms with Gasteiger partial charge in [0.05, 0.1) is 4.47 Å². The van der Waals surface area contributed by atoms with Crippen molar-refractivity contribution in [3.05, 3.63) is 52.3 Å². The van der Waals surface area contributed by atoms with E-state index in [2.05, 4.69) is 33.3 Å². The van der Waals surface area contributed by atoms with E-state index in [0.29, 0.717) is 15.9 Å². The molecule has 3 N–H and O–H groups in total. The molecule has 1 aromatic heterocycles. The van der Waals surface area contributed by atoms with Gasteiger partial charge in [0.25, 0.3) is 0 Å². The van der Waals surface area contributed by atoms with E-state index in [1.165, 1.54) is 0 Å². The van der Waals surface area contributed by atoms with Gasteiger partial charge in [0.1, 0.15) is 17.7 Å². The van der Waals surface area contributed by atoms with Crippen LogP contribution >= 0.6 is 15.9 Å². The molecule has 1 atom stereocenters. The summed E-state index contributed by atoms with van der Waals surface area (Å²) in [6.45, 7) is 2.90. The minimum Gasteiger partial charge on any atom is -0.333 e. The molecule has 1 heterocycles. The summed E-state index contributed by atoms with van der Waals surface area (Å²) in [6, 6.07) is 4.67. The van der Waals surface area contributed by atoms with Gasteiger partial charge in [-0.15, -0.1) is 0 Å². The average Bonchev–Trinajstić information content (AvgIpc) is 2.84. The topological polar surface area (TPSA) is 55.9 Å². The molecule has 0 saturated heterocycles. The molecule has 0 spiro atoms. The van der Waals surface area contributed by atoms with Gasteiger partial charge in [0.15, 0.2) is 0 Å². The predicted molar refractivity (Wildman–Crippen MR) is 75.8 cm³/mol. The summed E-state index contributed by atoms with van der Waals surface area (Å²) in [5, 5.41) is 0. The molecule has 0 aliphatic rings. The molecule has 2 rings (SSSR count). The van der Waals surface area contributed by atoms with Gasteiger partial charge in [-0.2, -0.15) is 0 Å². The largest absolute Gasteiger partial charge is 0.333 e. The van der Waals surface area contributed by atoms with E-state index in [9.17, 15) is 4.39 Å². The highest BCUT2D eigenvalue weighted by Gasteiger charge is 2.21. The molecule has 0 aliphatic carbocycles. The van der Waals surface area contributed by atoms with Crippen molar-refractivity contribution in [3.63, 3.8) is 0 Å². The zero-order chi connectivity index (χ0) is 13.8. The number of halogens is 2. The Morgan fingerprint density at radius 3 is 3.00 bits per heavy atom. The van der Waals surface area contributed by atoms with Crippen molar-refractivity contribution in [1.29, 1.82) is 0 Å². The van der Waals surface area contributed by atoms with Gasteiger partial charge in [0, 0.05) is 24.5 Å².